The summed E-state index contributed by atoms with van der Waals surface area (Å²) in [6.45, 7) is 2.10. The third kappa shape index (κ3) is 2.30. The molecule has 0 amide bonds. The van der Waals surface area contributed by atoms with E-state index in [2.05, 4.69) is 11.9 Å². The van der Waals surface area contributed by atoms with Crippen molar-refractivity contribution < 1.29 is 9.47 Å². The van der Waals surface area contributed by atoms with Gasteiger partial charge >= 0.3 is 0 Å². The third-order valence-electron chi connectivity index (χ3n) is 4.27. The molecule has 4 nitrogen and oxygen atoms in total. The Labute approximate surface area is 114 Å². The highest BCUT2D eigenvalue weighted by Gasteiger charge is 2.42. The minimum atomic E-state index is -0.119. The number of hydrogen-bond acceptors (Lipinski definition) is 4. The molecule has 0 bridgehead atoms. The number of methoxy groups -OCH3 is 1. The topological polar surface area (TPSA) is 47.7 Å². The molecule has 0 radical (unpaired) electrons. The molecule has 1 fully saturated rings. The molecule has 1 saturated heterocycles. The van der Waals surface area contributed by atoms with Crippen LogP contribution in [0.15, 0.2) is 18.2 Å². The lowest BCUT2D eigenvalue weighted by atomic mass is 9.82. The van der Waals surface area contributed by atoms with Gasteiger partial charge < -0.3 is 20.1 Å². The second-order valence-corrected chi connectivity index (χ2v) is 5.84. The third-order valence-corrected chi connectivity index (χ3v) is 4.27. The first-order valence-corrected chi connectivity index (χ1v) is 6.93. The molecule has 0 aliphatic carbocycles. The number of rotatable bonds is 1. The van der Waals surface area contributed by atoms with Crippen molar-refractivity contribution in [2.45, 2.75) is 30.9 Å². The first-order valence-electron chi connectivity index (χ1n) is 6.93. The maximum atomic E-state index is 6.35. The van der Waals surface area contributed by atoms with Gasteiger partial charge in [-0.3, -0.25) is 0 Å². The van der Waals surface area contributed by atoms with Crippen molar-refractivity contribution in [3.8, 4) is 11.5 Å². The summed E-state index contributed by atoms with van der Waals surface area (Å²) in [5.41, 5.74) is 7.33. The van der Waals surface area contributed by atoms with Crippen molar-refractivity contribution in [3.63, 3.8) is 0 Å². The van der Waals surface area contributed by atoms with E-state index >= 15 is 0 Å². The fourth-order valence-corrected chi connectivity index (χ4v) is 3.39. The Morgan fingerprint density at radius 2 is 2.32 bits per heavy atom. The molecule has 2 unspecified atom stereocenters. The van der Waals surface area contributed by atoms with Crippen molar-refractivity contribution in [2.75, 3.05) is 27.2 Å². The number of hydrogen-bond donors (Lipinski definition) is 1. The van der Waals surface area contributed by atoms with Crippen LogP contribution in [0.2, 0.25) is 0 Å². The van der Waals surface area contributed by atoms with E-state index in [1.165, 1.54) is 6.42 Å². The zero-order valence-electron chi connectivity index (χ0n) is 11.7. The predicted octanol–water partition coefficient (Wildman–Crippen LogP) is 1.94. The lowest BCUT2D eigenvalue weighted by Crippen LogP contribution is -2.53. The standard InChI is InChI=1S/C15H22N2O2/c1-17-7-3-6-15(10-17)9-13(16)12-5-4-11(18-2)8-14(12)19-15/h4-5,8,13H,3,6-7,9-10,16H2,1-2H3. The summed E-state index contributed by atoms with van der Waals surface area (Å²) in [5, 5.41) is 0. The Kier molecular flexibility index (Phi) is 3.15. The molecule has 3 rings (SSSR count). The van der Waals surface area contributed by atoms with Gasteiger partial charge in [-0.15, -0.1) is 0 Å². The van der Waals surface area contributed by atoms with Crippen LogP contribution in [-0.2, 0) is 0 Å². The van der Waals surface area contributed by atoms with E-state index in [1.54, 1.807) is 7.11 Å². The average molecular weight is 262 g/mol. The van der Waals surface area contributed by atoms with Gasteiger partial charge in [0.2, 0.25) is 0 Å². The summed E-state index contributed by atoms with van der Waals surface area (Å²) in [6.07, 6.45) is 3.15. The molecule has 2 N–H and O–H groups in total. The molecular weight excluding hydrogens is 240 g/mol. The Bertz CT molecular complexity index is 477. The van der Waals surface area contributed by atoms with Crippen molar-refractivity contribution in [1.82, 2.24) is 4.90 Å². The number of fused-ring (bicyclic) bond motifs is 1. The molecule has 2 heterocycles. The van der Waals surface area contributed by atoms with Gasteiger partial charge in [0, 0.05) is 30.6 Å². The number of benzene rings is 1. The Morgan fingerprint density at radius 1 is 1.47 bits per heavy atom. The van der Waals surface area contributed by atoms with Crippen LogP contribution >= 0.6 is 0 Å². The minimum Gasteiger partial charge on any atom is -0.497 e. The zero-order valence-corrected chi connectivity index (χ0v) is 11.7. The summed E-state index contributed by atoms with van der Waals surface area (Å²) in [4.78, 5) is 2.33. The van der Waals surface area contributed by atoms with Crippen molar-refractivity contribution >= 4 is 0 Å². The summed E-state index contributed by atoms with van der Waals surface area (Å²) in [6, 6.07) is 6.00. The van der Waals surface area contributed by atoms with Gasteiger partial charge in [0.05, 0.1) is 7.11 Å². The van der Waals surface area contributed by atoms with Crippen molar-refractivity contribution in [2.24, 2.45) is 5.73 Å². The Balaban J connectivity index is 1.93. The minimum absolute atomic E-state index is 0.0566. The molecule has 19 heavy (non-hydrogen) atoms. The van der Waals surface area contributed by atoms with Gasteiger partial charge in [-0.05, 0) is 32.5 Å². The zero-order chi connectivity index (χ0) is 13.5. The highest BCUT2D eigenvalue weighted by molar-refractivity contribution is 5.44. The number of piperidine rings is 1. The van der Waals surface area contributed by atoms with E-state index in [1.807, 2.05) is 18.2 Å². The Morgan fingerprint density at radius 3 is 3.05 bits per heavy atom. The fourth-order valence-electron chi connectivity index (χ4n) is 3.39. The van der Waals surface area contributed by atoms with Crippen LogP contribution in [0.25, 0.3) is 0 Å². The fraction of sp³-hybridized carbons (Fsp3) is 0.600. The highest BCUT2D eigenvalue weighted by atomic mass is 16.5. The van der Waals surface area contributed by atoms with E-state index < -0.39 is 0 Å². The van der Waals surface area contributed by atoms with E-state index in [4.69, 9.17) is 15.2 Å². The smallest absolute Gasteiger partial charge is 0.128 e. The van der Waals surface area contributed by atoms with Crippen LogP contribution in [0.5, 0.6) is 11.5 Å². The van der Waals surface area contributed by atoms with Gasteiger partial charge in [0.1, 0.15) is 17.1 Å². The van der Waals surface area contributed by atoms with Gasteiger partial charge in [0.25, 0.3) is 0 Å². The number of likely N-dealkylation sites (N-methyl/N-ethyl adjacent to an activating group) is 1. The second kappa shape index (κ2) is 4.69. The molecule has 0 aromatic heterocycles. The van der Waals surface area contributed by atoms with Crippen LogP contribution < -0.4 is 15.2 Å². The van der Waals surface area contributed by atoms with Crippen molar-refractivity contribution in [3.05, 3.63) is 23.8 Å². The summed E-state index contributed by atoms with van der Waals surface area (Å²) in [5.74, 6) is 1.72. The molecule has 1 spiro atoms. The van der Waals surface area contributed by atoms with Crippen LogP contribution in [0.1, 0.15) is 30.9 Å². The lowest BCUT2D eigenvalue weighted by molar-refractivity contribution is -0.0235. The molecule has 4 heteroatoms. The molecule has 104 valence electrons. The van der Waals surface area contributed by atoms with Gasteiger partial charge in [-0.2, -0.15) is 0 Å². The molecule has 1 aromatic rings. The number of likely N-dealkylation sites (tertiary alicyclic amines) is 1. The van der Waals surface area contributed by atoms with Gasteiger partial charge in [-0.1, -0.05) is 6.07 Å². The first kappa shape index (κ1) is 12.8. The number of nitrogens with two attached hydrogens (primary N) is 1. The molecule has 2 aliphatic heterocycles. The van der Waals surface area contributed by atoms with Crippen LogP contribution in [-0.4, -0.2) is 37.7 Å². The first-order chi connectivity index (χ1) is 9.12. The normalized spacial score (nSPS) is 30.8. The predicted molar refractivity (Wildman–Crippen MR) is 74.6 cm³/mol. The maximum Gasteiger partial charge on any atom is 0.128 e. The Hall–Kier alpha value is -1.26. The van der Waals surface area contributed by atoms with Crippen LogP contribution in [0, 0.1) is 0 Å². The monoisotopic (exact) mass is 262 g/mol. The maximum absolute atomic E-state index is 6.35. The number of nitrogens with zero attached hydrogens (tertiary/aromatic N) is 1. The lowest BCUT2D eigenvalue weighted by Gasteiger charge is -2.46. The highest BCUT2D eigenvalue weighted by Crippen LogP contribution is 2.43. The molecule has 1 aromatic carbocycles. The molecular formula is C15H22N2O2. The molecule has 0 saturated carbocycles. The van der Waals surface area contributed by atoms with Gasteiger partial charge in [-0.25, -0.2) is 0 Å². The van der Waals surface area contributed by atoms with Crippen LogP contribution in [0.3, 0.4) is 0 Å². The SMILES string of the molecule is COc1ccc2c(c1)OC1(CCCN(C)C1)CC2N. The van der Waals surface area contributed by atoms with E-state index in [9.17, 15) is 0 Å². The van der Waals surface area contributed by atoms with Gasteiger partial charge in [0.15, 0.2) is 0 Å². The second-order valence-electron chi connectivity index (χ2n) is 5.84. The van der Waals surface area contributed by atoms with E-state index in [0.29, 0.717) is 0 Å². The molecule has 2 aliphatic rings. The average Bonchev–Trinajstić information content (AvgIpc) is 2.37. The summed E-state index contributed by atoms with van der Waals surface area (Å²) >= 11 is 0. The largest absolute Gasteiger partial charge is 0.497 e. The van der Waals surface area contributed by atoms with Crippen LogP contribution in [0.4, 0.5) is 0 Å². The van der Waals surface area contributed by atoms with E-state index in [0.717, 1.165) is 43.0 Å². The van der Waals surface area contributed by atoms with Crippen molar-refractivity contribution in [1.29, 1.82) is 0 Å². The quantitative estimate of drug-likeness (QED) is 0.840. The summed E-state index contributed by atoms with van der Waals surface area (Å²) < 4.78 is 11.6. The number of ether oxygens (including phenoxy) is 2. The molecule has 2 atom stereocenters. The summed E-state index contributed by atoms with van der Waals surface area (Å²) in [7, 11) is 3.82. The van der Waals surface area contributed by atoms with E-state index in [-0.39, 0.29) is 11.6 Å².